The van der Waals surface area contributed by atoms with Crippen molar-refractivity contribution in [2.24, 2.45) is 0 Å². The maximum atomic E-state index is 10.2. The summed E-state index contributed by atoms with van der Waals surface area (Å²) >= 11 is 4.01. The topological polar surface area (TPSA) is 49.4 Å². The molecule has 2 atom stereocenters. The van der Waals surface area contributed by atoms with Crippen LogP contribution in [0.2, 0.25) is 0 Å². The van der Waals surface area contributed by atoms with E-state index in [0.717, 1.165) is 0 Å². The zero-order valence-corrected chi connectivity index (χ0v) is 13.1. The summed E-state index contributed by atoms with van der Waals surface area (Å²) in [7, 11) is 0. The summed E-state index contributed by atoms with van der Waals surface area (Å²) in [5.41, 5.74) is 0. The van der Waals surface area contributed by atoms with Gasteiger partial charge in [0.25, 0.3) is 0 Å². The van der Waals surface area contributed by atoms with Crippen molar-refractivity contribution in [2.75, 3.05) is 0 Å². The largest absolute Gasteiger partial charge is 1.00 e. The summed E-state index contributed by atoms with van der Waals surface area (Å²) in [4.78, 5) is 10.2. The molecule has 0 amide bonds. The van der Waals surface area contributed by atoms with E-state index in [1.165, 1.54) is 0 Å². The van der Waals surface area contributed by atoms with Gasteiger partial charge in [0.1, 0.15) is 0 Å². The van der Waals surface area contributed by atoms with Gasteiger partial charge in [0, 0.05) is 6.80 Å². The van der Waals surface area contributed by atoms with Crippen molar-refractivity contribution in [1.29, 1.82) is 0 Å². The van der Waals surface area contributed by atoms with E-state index in [1.807, 2.05) is 6.92 Å². The van der Waals surface area contributed by atoms with Crippen molar-refractivity contribution in [3.63, 3.8) is 0 Å². The Kier molecular flexibility index (Phi) is 15.8. The third-order valence-corrected chi connectivity index (χ3v) is 1.76. The molecule has 56 valence electrons. The first-order valence-electron chi connectivity index (χ1n) is 2.66. The molecule has 7 heteroatoms. The minimum absolute atomic E-state index is 0. The number of rotatable bonds is 3. The Morgan fingerprint density at radius 2 is 2.00 bits per heavy atom. The molecule has 0 saturated heterocycles. The first-order valence-corrected chi connectivity index (χ1v) is 5.21. The quantitative estimate of drug-likeness (QED) is 0.268. The second-order valence-electron chi connectivity index (χ2n) is 1.77. The molecule has 0 aliphatic carbocycles. The zero-order valence-electron chi connectivity index (χ0n) is 7.36. The zero-order chi connectivity index (χ0) is 7.49. The number of hydrogen-bond donors (Lipinski definition) is 0. The van der Waals surface area contributed by atoms with Gasteiger partial charge in [-0.25, -0.2) is 0 Å². The SMILES string of the molecule is CCC(C)OP(=O)([O-])[S-].[Na+].[Na+]. The maximum absolute atomic E-state index is 10.2. The smallest absolute Gasteiger partial charge is 0.797 e. The predicted octanol–water partition coefficient (Wildman–Crippen LogP) is -5.18. The Morgan fingerprint density at radius 3 is 2.09 bits per heavy atom. The molecule has 3 nitrogen and oxygen atoms in total. The summed E-state index contributed by atoms with van der Waals surface area (Å²) in [6.45, 7) is -0.412. The van der Waals surface area contributed by atoms with Crippen LogP contribution in [-0.2, 0) is 21.3 Å². The molecule has 0 aromatic heterocycles. The van der Waals surface area contributed by atoms with Crippen LogP contribution in [0.15, 0.2) is 0 Å². The van der Waals surface area contributed by atoms with E-state index >= 15 is 0 Å². The van der Waals surface area contributed by atoms with Crippen LogP contribution in [0, 0.1) is 0 Å². The molecule has 2 unspecified atom stereocenters. The predicted molar refractivity (Wildman–Crippen MR) is 35.8 cm³/mol. The summed E-state index contributed by atoms with van der Waals surface area (Å²) in [5, 5.41) is 0. The third-order valence-electron chi connectivity index (χ3n) is 0.884. The van der Waals surface area contributed by atoms with E-state index in [-0.39, 0.29) is 65.2 Å². The molecule has 0 N–H and O–H groups in total. The van der Waals surface area contributed by atoms with Crippen LogP contribution in [0.4, 0.5) is 0 Å². The average Bonchev–Trinajstić information content (AvgIpc) is 1.62. The fourth-order valence-electron chi connectivity index (χ4n) is 0.295. The standard InChI is InChI=1S/C4H11O3PS.2Na/c1-3-4(2)7-8(5,6)9;;/h4H,3H2,1-2H3,(H2,5,6,9);;/q;2*+1/p-2. The van der Waals surface area contributed by atoms with Gasteiger partial charge in [-0.3, -0.25) is 0 Å². The molecule has 0 radical (unpaired) electrons. The van der Waals surface area contributed by atoms with E-state index in [0.29, 0.717) is 6.42 Å². The fourth-order valence-corrected chi connectivity index (χ4v) is 1.33. The molecule has 0 fully saturated rings. The van der Waals surface area contributed by atoms with Gasteiger partial charge >= 0.3 is 59.1 Å². The average molecular weight is 214 g/mol. The van der Waals surface area contributed by atoms with E-state index < -0.39 is 6.80 Å². The van der Waals surface area contributed by atoms with Crippen molar-refractivity contribution in [3.8, 4) is 0 Å². The van der Waals surface area contributed by atoms with Crippen molar-refractivity contribution < 1.29 is 73.1 Å². The number of hydrogen-bond acceptors (Lipinski definition) is 4. The molecule has 0 heterocycles. The van der Waals surface area contributed by atoms with Crippen LogP contribution < -0.4 is 64.0 Å². The molecule has 0 spiro atoms. The minimum Gasteiger partial charge on any atom is -0.797 e. The summed E-state index contributed by atoms with van der Waals surface area (Å²) < 4.78 is 14.6. The second kappa shape index (κ2) is 9.07. The maximum Gasteiger partial charge on any atom is 1.00 e. The minimum atomic E-state index is -3.91. The molecule has 11 heavy (non-hydrogen) atoms. The van der Waals surface area contributed by atoms with Crippen LogP contribution in [0.25, 0.3) is 0 Å². The van der Waals surface area contributed by atoms with E-state index in [9.17, 15) is 9.46 Å². The second-order valence-corrected chi connectivity index (χ2v) is 4.22. The molecular weight excluding hydrogens is 205 g/mol. The molecule has 0 aromatic rings. The van der Waals surface area contributed by atoms with E-state index in [2.05, 4.69) is 16.8 Å². The van der Waals surface area contributed by atoms with E-state index in [4.69, 9.17) is 0 Å². The first-order chi connectivity index (χ1) is 3.95. The Labute approximate surface area is 117 Å². The van der Waals surface area contributed by atoms with Gasteiger partial charge in [0.15, 0.2) is 0 Å². The van der Waals surface area contributed by atoms with Crippen LogP contribution in [-0.4, -0.2) is 6.10 Å². The summed E-state index contributed by atoms with van der Waals surface area (Å²) in [5.74, 6) is 0. The van der Waals surface area contributed by atoms with E-state index in [1.54, 1.807) is 6.92 Å². The van der Waals surface area contributed by atoms with Crippen molar-refractivity contribution in [2.45, 2.75) is 26.4 Å². The molecule has 0 saturated carbocycles. The molecule has 0 rings (SSSR count). The first kappa shape index (κ1) is 19.1. The van der Waals surface area contributed by atoms with Crippen LogP contribution in [0.3, 0.4) is 0 Å². The Morgan fingerprint density at radius 1 is 1.64 bits per heavy atom. The van der Waals surface area contributed by atoms with Crippen LogP contribution in [0.1, 0.15) is 20.3 Å². The van der Waals surface area contributed by atoms with Crippen LogP contribution >= 0.6 is 6.80 Å². The van der Waals surface area contributed by atoms with Gasteiger partial charge in [-0.2, -0.15) is 0 Å². The molecule has 0 aliphatic rings. The molecule has 0 bridgehead atoms. The monoisotopic (exact) mass is 214 g/mol. The van der Waals surface area contributed by atoms with Gasteiger partial charge in [0.2, 0.25) is 0 Å². The molecular formula is C4H9Na2O3PS. The summed E-state index contributed by atoms with van der Waals surface area (Å²) in [6, 6.07) is 0. The van der Waals surface area contributed by atoms with Crippen molar-refractivity contribution >= 4 is 19.0 Å². The Bertz CT molecular complexity index is 129. The Balaban J connectivity index is -0.000000320. The van der Waals surface area contributed by atoms with Crippen LogP contribution in [0.5, 0.6) is 0 Å². The van der Waals surface area contributed by atoms with Gasteiger partial charge in [0.05, 0.1) is 6.10 Å². The normalized spacial score (nSPS) is 17.1. The summed E-state index contributed by atoms with van der Waals surface area (Å²) in [6.07, 6.45) is 0.369. The van der Waals surface area contributed by atoms with Gasteiger partial charge in [-0.1, -0.05) is 6.92 Å². The van der Waals surface area contributed by atoms with Gasteiger partial charge in [-0.05, 0) is 13.3 Å². The van der Waals surface area contributed by atoms with Gasteiger partial charge < -0.3 is 26.2 Å². The third kappa shape index (κ3) is 15.3. The Hall–Kier alpha value is 2.50. The van der Waals surface area contributed by atoms with Crippen molar-refractivity contribution in [3.05, 3.63) is 0 Å². The molecule has 0 aromatic carbocycles. The fraction of sp³-hybridized carbons (Fsp3) is 1.00. The van der Waals surface area contributed by atoms with Gasteiger partial charge in [-0.15, -0.1) is 0 Å². The molecule has 0 aliphatic heterocycles. The van der Waals surface area contributed by atoms with Crippen molar-refractivity contribution in [1.82, 2.24) is 0 Å².